The van der Waals surface area contributed by atoms with Crippen LogP contribution in [-0.4, -0.2) is 83.6 Å². The van der Waals surface area contributed by atoms with E-state index in [4.69, 9.17) is 9.47 Å². The maximum Gasteiger partial charge on any atom is 0.410 e. The number of carbonyl (C=O) groups is 2. The number of methoxy groups -OCH3 is 1. The lowest BCUT2D eigenvalue weighted by atomic mass is 10.2. The number of hydrogen-bond acceptors (Lipinski definition) is 6. The summed E-state index contributed by atoms with van der Waals surface area (Å²) < 4.78 is 12.0. The van der Waals surface area contributed by atoms with Crippen molar-refractivity contribution in [2.45, 2.75) is 26.4 Å². The summed E-state index contributed by atoms with van der Waals surface area (Å²) in [7, 11) is 3.23. The van der Waals surface area contributed by atoms with Gasteiger partial charge in [-0.25, -0.2) is 4.79 Å². The monoisotopic (exact) mass is 403 g/mol. The molecular formula is C17H30ClN5O4. The highest BCUT2D eigenvalue weighted by molar-refractivity contribution is 5.96. The van der Waals surface area contributed by atoms with Crippen LogP contribution in [0.1, 0.15) is 31.1 Å². The minimum absolute atomic E-state index is 0. The zero-order chi connectivity index (χ0) is 19.3. The van der Waals surface area contributed by atoms with Crippen LogP contribution in [-0.2, 0) is 11.8 Å². The summed E-state index contributed by atoms with van der Waals surface area (Å²) in [4.78, 5) is 28.2. The maximum absolute atomic E-state index is 12.2. The quantitative estimate of drug-likeness (QED) is 0.792. The van der Waals surface area contributed by atoms with Crippen molar-refractivity contribution in [3.8, 4) is 5.88 Å². The van der Waals surface area contributed by atoms with Crippen molar-refractivity contribution in [2.24, 2.45) is 7.05 Å². The van der Waals surface area contributed by atoms with Gasteiger partial charge in [0.25, 0.3) is 5.91 Å². The highest BCUT2D eigenvalue weighted by Crippen LogP contribution is 2.14. The number of piperazine rings is 1. The number of nitrogens with zero attached hydrogens (tertiary/aromatic N) is 4. The first-order chi connectivity index (χ1) is 12.2. The molecule has 0 atom stereocenters. The maximum atomic E-state index is 12.2. The van der Waals surface area contributed by atoms with Crippen LogP contribution in [0.3, 0.4) is 0 Å². The summed E-state index contributed by atoms with van der Waals surface area (Å²) in [6.07, 6.45) is 1.36. The second-order valence-electron chi connectivity index (χ2n) is 7.29. The van der Waals surface area contributed by atoms with Crippen LogP contribution in [0, 0.1) is 0 Å². The van der Waals surface area contributed by atoms with Gasteiger partial charge in [-0.3, -0.25) is 14.4 Å². The lowest BCUT2D eigenvalue weighted by molar-refractivity contribution is 0.0147. The van der Waals surface area contributed by atoms with Crippen molar-refractivity contribution in [1.29, 1.82) is 0 Å². The molecule has 0 spiro atoms. The topological polar surface area (TPSA) is 88.9 Å². The first-order valence-corrected chi connectivity index (χ1v) is 8.75. The van der Waals surface area contributed by atoms with E-state index < -0.39 is 5.60 Å². The Bertz CT molecular complexity index is 636. The Kier molecular flexibility index (Phi) is 8.36. The van der Waals surface area contributed by atoms with E-state index in [1.54, 1.807) is 22.8 Å². The molecule has 0 radical (unpaired) electrons. The Morgan fingerprint density at radius 3 is 2.41 bits per heavy atom. The van der Waals surface area contributed by atoms with Crippen molar-refractivity contribution in [1.82, 2.24) is 24.9 Å². The predicted octanol–water partition coefficient (Wildman–Crippen LogP) is 1.13. The van der Waals surface area contributed by atoms with Crippen LogP contribution >= 0.6 is 12.4 Å². The van der Waals surface area contributed by atoms with Gasteiger partial charge in [-0.15, -0.1) is 17.5 Å². The van der Waals surface area contributed by atoms with E-state index >= 15 is 0 Å². The SMILES string of the molecule is COc1nn(C)cc1C(=O)NCCN1CCN(C(=O)OC(C)(C)C)CC1.Cl. The van der Waals surface area contributed by atoms with Gasteiger partial charge in [-0.1, -0.05) is 0 Å². The smallest absolute Gasteiger partial charge is 0.410 e. The number of amides is 2. The fraction of sp³-hybridized carbons (Fsp3) is 0.706. The molecule has 1 fully saturated rings. The molecule has 1 aliphatic rings. The standard InChI is InChI=1S/C17H29N5O4.ClH/c1-17(2,3)26-16(24)22-10-8-21(9-11-22)7-6-18-14(23)13-12-20(4)19-15(13)25-5;/h12H,6-11H2,1-5H3,(H,18,23);1H. The lowest BCUT2D eigenvalue weighted by Gasteiger charge is -2.35. The Hall–Kier alpha value is -2.00. The molecule has 154 valence electrons. The molecule has 0 aromatic carbocycles. The Labute approximate surface area is 166 Å². The molecule has 2 amide bonds. The van der Waals surface area contributed by atoms with Gasteiger partial charge in [-0.05, 0) is 20.8 Å². The number of halogens is 1. The van der Waals surface area contributed by atoms with E-state index in [0.29, 0.717) is 31.1 Å². The van der Waals surface area contributed by atoms with E-state index in [-0.39, 0.29) is 24.4 Å². The van der Waals surface area contributed by atoms with Gasteiger partial charge in [0.1, 0.15) is 11.2 Å². The van der Waals surface area contributed by atoms with E-state index in [2.05, 4.69) is 15.3 Å². The largest absolute Gasteiger partial charge is 0.479 e. The van der Waals surface area contributed by atoms with Crippen LogP contribution in [0.25, 0.3) is 0 Å². The third-order valence-electron chi connectivity index (χ3n) is 3.97. The van der Waals surface area contributed by atoms with Crippen molar-refractivity contribution in [3.63, 3.8) is 0 Å². The molecule has 9 nitrogen and oxygen atoms in total. The third-order valence-corrected chi connectivity index (χ3v) is 3.97. The first-order valence-electron chi connectivity index (χ1n) is 8.75. The van der Waals surface area contributed by atoms with Crippen LogP contribution in [0.4, 0.5) is 4.79 Å². The number of aryl methyl sites for hydroxylation is 1. The van der Waals surface area contributed by atoms with Crippen LogP contribution < -0.4 is 10.1 Å². The fourth-order valence-corrected chi connectivity index (χ4v) is 2.68. The van der Waals surface area contributed by atoms with Crippen LogP contribution in [0.15, 0.2) is 6.20 Å². The van der Waals surface area contributed by atoms with E-state index in [1.165, 1.54) is 7.11 Å². The molecule has 0 bridgehead atoms. The van der Waals surface area contributed by atoms with Crippen LogP contribution in [0.5, 0.6) is 5.88 Å². The summed E-state index contributed by atoms with van der Waals surface area (Å²) in [6, 6.07) is 0. The Morgan fingerprint density at radius 1 is 1.22 bits per heavy atom. The predicted molar refractivity (Wildman–Crippen MR) is 104 cm³/mol. The van der Waals surface area contributed by atoms with Gasteiger partial charge in [0.05, 0.1) is 7.11 Å². The van der Waals surface area contributed by atoms with E-state index in [1.807, 2.05) is 20.8 Å². The zero-order valence-electron chi connectivity index (χ0n) is 16.7. The molecule has 2 rings (SSSR count). The van der Waals surface area contributed by atoms with E-state index in [9.17, 15) is 9.59 Å². The second kappa shape index (κ2) is 9.80. The third kappa shape index (κ3) is 6.91. The molecule has 0 unspecified atom stereocenters. The summed E-state index contributed by atoms with van der Waals surface area (Å²) in [6.45, 7) is 9.58. The second-order valence-corrected chi connectivity index (χ2v) is 7.29. The normalized spacial score (nSPS) is 15.1. The number of hydrogen-bond donors (Lipinski definition) is 1. The minimum atomic E-state index is -0.480. The summed E-state index contributed by atoms with van der Waals surface area (Å²) >= 11 is 0. The lowest BCUT2D eigenvalue weighted by Crippen LogP contribution is -2.51. The molecule has 2 heterocycles. The molecule has 1 N–H and O–H groups in total. The number of ether oxygens (including phenoxy) is 2. The number of nitrogens with one attached hydrogen (secondary N) is 1. The summed E-state index contributed by atoms with van der Waals surface area (Å²) in [5.74, 6) is 0.110. The number of aromatic nitrogens is 2. The molecule has 0 aliphatic carbocycles. The molecule has 1 saturated heterocycles. The molecule has 0 saturated carbocycles. The average molecular weight is 404 g/mol. The van der Waals surface area contributed by atoms with Crippen molar-refractivity contribution in [3.05, 3.63) is 11.8 Å². The Morgan fingerprint density at radius 2 is 1.85 bits per heavy atom. The Balaban J connectivity index is 0.00000364. The van der Waals surface area contributed by atoms with Crippen molar-refractivity contribution >= 4 is 24.4 Å². The van der Waals surface area contributed by atoms with Gasteiger partial charge < -0.3 is 19.7 Å². The van der Waals surface area contributed by atoms with Crippen molar-refractivity contribution in [2.75, 3.05) is 46.4 Å². The van der Waals surface area contributed by atoms with Gasteiger partial charge in [0, 0.05) is 52.5 Å². The molecule has 10 heteroatoms. The summed E-state index contributed by atoms with van der Waals surface area (Å²) in [5, 5.41) is 6.95. The number of carbonyl (C=O) groups excluding carboxylic acids is 2. The molecule has 1 aromatic heterocycles. The molecular weight excluding hydrogens is 374 g/mol. The summed E-state index contributed by atoms with van der Waals surface area (Å²) in [5.41, 5.74) is -0.0592. The first kappa shape index (κ1) is 23.0. The molecule has 27 heavy (non-hydrogen) atoms. The zero-order valence-corrected chi connectivity index (χ0v) is 17.5. The van der Waals surface area contributed by atoms with Gasteiger partial charge in [-0.2, -0.15) is 0 Å². The molecule has 1 aromatic rings. The van der Waals surface area contributed by atoms with Gasteiger partial charge >= 0.3 is 6.09 Å². The molecule has 1 aliphatic heterocycles. The fourth-order valence-electron chi connectivity index (χ4n) is 2.68. The van der Waals surface area contributed by atoms with Crippen molar-refractivity contribution < 1.29 is 19.1 Å². The highest BCUT2D eigenvalue weighted by Gasteiger charge is 2.25. The number of rotatable bonds is 5. The minimum Gasteiger partial charge on any atom is -0.479 e. The van der Waals surface area contributed by atoms with Gasteiger partial charge in [0.15, 0.2) is 0 Å². The van der Waals surface area contributed by atoms with E-state index in [0.717, 1.165) is 19.6 Å². The highest BCUT2D eigenvalue weighted by atomic mass is 35.5. The average Bonchev–Trinajstić information content (AvgIpc) is 2.95. The van der Waals surface area contributed by atoms with Gasteiger partial charge in [0.2, 0.25) is 5.88 Å². The van der Waals surface area contributed by atoms with Crippen LogP contribution in [0.2, 0.25) is 0 Å².